The van der Waals surface area contributed by atoms with E-state index in [0.29, 0.717) is 12.8 Å². The Morgan fingerprint density at radius 1 is 0.714 bits per heavy atom. The number of hydrogen-bond acceptors (Lipinski definition) is 4. The van der Waals surface area contributed by atoms with E-state index in [2.05, 4.69) is 10.6 Å². The maximum atomic E-state index is 12.9. The smallest absolute Gasteiger partial charge is 0.320 e. The van der Waals surface area contributed by atoms with Gasteiger partial charge in [-0.15, -0.1) is 0 Å². The fourth-order valence-corrected chi connectivity index (χ4v) is 3.82. The van der Waals surface area contributed by atoms with Gasteiger partial charge in [-0.25, -0.2) is 0 Å². The van der Waals surface area contributed by atoms with Crippen molar-refractivity contribution in [2.24, 2.45) is 0 Å². The van der Waals surface area contributed by atoms with Gasteiger partial charge in [0.1, 0.15) is 6.04 Å². The highest BCUT2D eigenvalue weighted by atomic mass is 16.4. The lowest BCUT2D eigenvalue weighted by Gasteiger charge is -2.23. The third-order valence-electron chi connectivity index (χ3n) is 5.72. The average Bonchev–Trinajstić information content (AvgIpc) is 2.87. The van der Waals surface area contributed by atoms with Crippen LogP contribution in [0.2, 0.25) is 0 Å². The molecule has 0 saturated carbocycles. The van der Waals surface area contributed by atoms with Crippen LogP contribution in [0.15, 0.2) is 84.9 Å². The number of carbonyl (C=O) groups excluding carboxylic acids is 1. The molecular weight excluding hydrogens is 444 g/mol. The predicted molar refractivity (Wildman–Crippen MR) is 134 cm³/mol. The van der Waals surface area contributed by atoms with E-state index in [-0.39, 0.29) is 19.4 Å². The summed E-state index contributed by atoms with van der Waals surface area (Å²) in [7, 11) is 0. The van der Waals surface area contributed by atoms with Gasteiger partial charge in [-0.05, 0) is 41.5 Å². The highest BCUT2D eigenvalue weighted by Gasteiger charge is 2.26. The van der Waals surface area contributed by atoms with Gasteiger partial charge >= 0.3 is 11.9 Å². The van der Waals surface area contributed by atoms with Crippen molar-refractivity contribution >= 4 is 17.8 Å². The lowest BCUT2D eigenvalue weighted by atomic mass is 9.99. The molecule has 0 aliphatic heterocycles. The van der Waals surface area contributed by atoms with Crippen LogP contribution in [0, 0.1) is 0 Å². The van der Waals surface area contributed by atoms with E-state index in [9.17, 15) is 19.5 Å². The molecule has 3 aromatic carbocycles. The molecule has 0 saturated heterocycles. The van der Waals surface area contributed by atoms with Crippen LogP contribution in [-0.2, 0) is 27.2 Å². The van der Waals surface area contributed by atoms with E-state index < -0.39 is 29.9 Å². The lowest BCUT2D eigenvalue weighted by Crippen LogP contribution is -2.52. The molecule has 0 heterocycles. The molecule has 0 fully saturated rings. The number of hydrogen-bond donors (Lipinski definition) is 4. The first-order valence-corrected chi connectivity index (χ1v) is 11.6. The number of benzene rings is 3. The second-order valence-corrected chi connectivity index (χ2v) is 8.34. The summed E-state index contributed by atoms with van der Waals surface area (Å²) < 4.78 is 0. The van der Waals surface area contributed by atoms with E-state index in [1.165, 1.54) is 0 Å². The van der Waals surface area contributed by atoms with Crippen LogP contribution in [0.25, 0.3) is 11.1 Å². The summed E-state index contributed by atoms with van der Waals surface area (Å²) in [5.41, 5.74) is 3.99. The van der Waals surface area contributed by atoms with Gasteiger partial charge < -0.3 is 15.5 Å². The molecule has 0 spiro atoms. The van der Waals surface area contributed by atoms with E-state index in [1.54, 1.807) is 0 Å². The quantitative estimate of drug-likeness (QED) is 0.301. The van der Waals surface area contributed by atoms with Gasteiger partial charge in [0.25, 0.3) is 0 Å². The molecule has 0 unspecified atom stereocenters. The van der Waals surface area contributed by atoms with Crippen molar-refractivity contribution in [3.05, 3.63) is 96.1 Å². The minimum atomic E-state index is -1.04. The zero-order valence-electron chi connectivity index (χ0n) is 19.4. The Morgan fingerprint density at radius 2 is 1.31 bits per heavy atom. The Labute approximate surface area is 204 Å². The number of rotatable bonds is 13. The Morgan fingerprint density at radius 3 is 1.91 bits per heavy atom. The van der Waals surface area contributed by atoms with Gasteiger partial charge in [0, 0.05) is 6.54 Å². The zero-order chi connectivity index (χ0) is 25.0. The number of carboxylic acids is 2. The van der Waals surface area contributed by atoms with Crippen LogP contribution in [0.5, 0.6) is 0 Å². The van der Waals surface area contributed by atoms with Crippen molar-refractivity contribution in [3.8, 4) is 11.1 Å². The molecule has 7 heteroatoms. The first-order chi connectivity index (χ1) is 16.9. The Bertz CT molecular complexity index is 1100. The molecule has 2 atom stereocenters. The number of carbonyl (C=O) groups is 3. The van der Waals surface area contributed by atoms with Crippen LogP contribution < -0.4 is 10.6 Å². The molecule has 4 N–H and O–H groups in total. The van der Waals surface area contributed by atoms with Crippen LogP contribution >= 0.6 is 0 Å². The third kappa shape index (κ3) is 8.39. The molecule has 0 bridgehead atoms. The second kappa shape index (κ2) is 13.1. The maximum absolute atomic E-state index is 12.9. The highest BCUT2D eigenvalue weighted by molar-refractivity contribution is 5.84. The summed E-state index contributed by atoms with van der Waals surface area (Å²) in [5, 5.41) is 24.3. The first-order valence-electron chi connectivity index (χ1n) is 11.6. The largest absolute Gasteiger partial charge is 0.481 e. The summed E-state index contributed by atoms with van der Waals surface area (Å²) in [6, 6.07) is 25.5. The van der Waals surface area contributed by atoms with E-state index >= 15 is 0 Å². The summed E-state index contributed by atoms with van der Waals surface area (Å²) in [5.74, 6) is -2.48. The monoisotopic (exact) mass is 474 g/mol. The molecule has 0 radical (unpaired) electrons. The Kier molecular flexibility index (Phi) is 9.57. The molecule has 0 aromatic heterocycles. The number of nitrogens with one attached hydrogen (secondary N) is 2. The van der Waals surface area contributed by atoms with Gasteiger partial charge in [-0.2, -0.15) is 0 Å². The minimum absolute atomic E-state index is 0.0267. The number of aliphatic carboxylic acids is 2. The van der Waals surface area contributed by atoms with Gasteiger partial charge in [0.15, 0.2) is 0 Å². The summed E-state index contributed by atoms with van der Waals surface area (Å²) in [4.78, 5) is 35.7. The third-order valence-corrected chi connectivity index (χ3v) is 5.72. The molecule has 1 amide bonds. The van der Waals surface area contributed by atoms with Crippen LogP contribution in [0.4, 0.5) is 0 Å². The molecular formula is C28H30N2O5. The number of carboxylic acid groups (broad SMARTS) is 2. The molecule has 3 aromatic rings. The molecule has 35 heavy (non-hydrogen) atoms. The van der Waals surface area contributed by atoms with E-state index in [0.717, 1.165) is 22.3 Å². The van der Waals surface area contributed by atoms with Crippen LogP contribution in [-0.4, -0.2) is 46.7 Å². The minimum Gasteiger partial charge on any atom is -0.481 e. The molecule has 3 rings (SSSR count). The Balaban J connectivity index is 1.72. The fourth-order valence-electron chi connectivity index (χ4n) is 3.82. The molecule has 0 aliphatic carbocycles. The topological polar surface area (TPSA) is 116 Å². The van der Waals surface area contributed by atoms with E-state index in [4.69, 9.17) is 5.11 Å². The normalized spacial score (nSPS) is 12.5. The van der Waals surface area contributed by atoms with Crippen LogP contribution in [0.1, 0.15) is 24.0 Å². The van der Waals surface area contributed by atoms with Gasteiger partial charge in [0.2, 0.25) is 5.91 Å². The number of amides is 1. The summed E-state index contributed by atoms with van der Waals surface area (Å²) >= 11 is 0. The molecule has 0 aliphatic rings. The standard InChI is InChI=1S/C28H30N2O5/c31-26(32)17-18-29-27(33)25(30-24(28(34)35)16-13-20-7-3-1-4-8-20)19-21-11-14-23(15-12-21)22-9-5-2-6-10-22/h1-12,14-15,24-25,30H,13,16-19H2,(H,29,33)(H,31,32)(H,34,35)/t24-,25-/m0/s1. The van der Waals surface area contributed by atoms with Gasteiger partial charge in [-0.1, -0.05) is 84.9 Å². The predicted octanol–water partition coefficient (Wildman–Crippen LogP) is 3.53. The second-order valence-electron chi connectivity index (χ2n) is 8.34. The van der Waals surface area contributed by atoms with Crippen molar-refractivity contribution in [1.29, 1.82) is 0 Å². The Hall–Kier alpha value is -3.97. The first kappa shape index (κ1) is 25.6. The SMILES string of the molecule is O=C(O)CCNC(=O)[C@H](Cc1ccc(-c2ccccc2)cc1)N[C@@H](CCc1ccccc1)C(=O)O. The number of aryl methyl sites for hydroxylation is 1. The molecule has 182 valence electrons. The van der Waals surface area contributed by atoms with Crippen molar-refractivity contribution < 1.29 is 24.6 Å². The van der Waals surface area contributed by atoms with Gasteiger partial charge in [-0.3, -0.25) is 19.7 Å². The maximum Gasteiger partial charge on any atom is 0.320 e. The fraction of sp³-hybridized carbons (Fsp3) is 0.250. The zero-order valence-corrected chi connectivity index (χ0v) is 19.4. The van der Waals surface area contributed by atoms with Gasteiger partial charge in [0.05, 0.1) is 12.5 Å². The van der Waals surface area contributed by atoms with Crippen molar-refractivity contribution in [2.45, 2.75) is 37.8 Å². The van der Waals surface area contributed by atoms with E-state index in [1.807, 2.05) is 84.9 Å². The van der Waals surface area contributed by atoms with Crippen molar-refractivity contribution in [3.63, 3.8) is 0 Å². The molecule has 7 nitrogen and oxygen atoms in total. The van der Waals surface area contributed by atoms with Crippen molar-refractivity contribution in [1.82, 2.24) is 10.6 Å². The highest BCUT2D eigenvalue weighted by Crippen LogP contribution is 2.20. The summed E-state index contributed by atoms with van der Waals surface area (Å²) in [6.07, 6.45) is 0.915. The summed E-state index contributed by atoms with van der Waals surface area (Å²) in [6.45, 7) is -0.0267. The average molecular weight is 475 g/mol. The van der Waals surface area contributed by atoms with Crippen LogP contribution in [0.3, 0.4) is 0 Å². The lowest BCUT2D eigenvalue weighted by molar-refractivity contribution is -0.140. The van der Waals surface area contributed by atoms with Crippen molar-refractivity contribution in [2.75, 3.05) is 6.54 Å².